The number of benzene rings is 1. The number of nitrogens with two attached hydrogens (primary N) is 1. The first kappa shape index (κ1) is 15.9. The maximum Gasteiger partial charge on any atom is 0.243 e. The summed E-state index contributed by atoms with van der Waals surface area (Å²) in [5.74, 6) is -1.06. The first-order chi connectivity index (χ1) is 8.62. The molecule has 0 fully saturated rings. The molecule has 1 rings (SSSR count). The smallest absolute Gasteiger partial charge is 0.243 e. The summed E-state index contributed by atoms with van der Waals surface area (Å²) in [7, 11) is -7.18. The molecule has 0 spiro atoms. The quantitative estimate of drug-likeness (QED) is 0.573. The predicted octanol–water partition coefficient (Wildman–Crippen LogP) is 0.121. The minimum atomic E-state index is -4.03. The van der Waals surface area contributed by atoms with E-state index in [1.807, 2.05) is 0 Å². The normalized spacial score (nSPS) is 12.5. The first-order valence-electron chi connectivity index (χ1n) is 5.34. The molecule has 0 aromatic heterocycles. The minimum Gasteiger partial charge on any atom is -0.399 e. The van der Waals surface area contributed by atoms with E-state index in [1.165, 1.54) is 6.07 Å². The second-order valence-electron chi connectivity index (χ2n) is 4.07. The van der Waals surface area contributed by atoms with Crippen LogP contribution in [0, 0.1) is 5.82 Å². The van der Waals surface area contributed by atoms with Gasteiger partial charge >= 0.3 is 0 Å². The van der Waals surface area contributed by atoms with Crippen molar-refractivity contribution < 1.29 is 21.2 Å². The van der Waals surface area contributed by atoms with E-state index in [1.54, 1.807) is 0 Å². The Labute approximate surface area is 111 Å². The van der Waals surface area contributed by atoms with Crippen molar-refractivity contribution in [2.24, 2.45) is 0 Å². The molecular weight excluding hydrogens is 295 g/mol. The van der Waals surface area contributed by atoms with Gasteiger partial charge in [-0.3, -0.25) is 0 Å². The lowest BCUT2D eigenvalue weighted by atomic mass is 10.3. The van der Waals surface area contributed by atoms with E-state index in [4.69, 9.17) is 5.73 Å². The van der Waals surface area contributed by atoms with Gasteiger partial charge in [0.05, 0.1) is 5.75 Å². The highest BCUT2D eigenvalue weighted by Gasteiger charge is 2.18. The predicted molar refractivity (Wildman–Crippen MR) is 70.3 cm³/mol. The van der Waals surface area contributed by atoms with Gasteiger partial charge in [-0.05, 0) is 24.6 Å². The Morgan fingerprint density at radius 2 is 1.89 bits per heavy atom. The van der Waals surface area contributed by atoms with Crippen LogP contribution in [0.4, 0.5) is 10.1 Å². The van der Waals surface area contributed by atoms with E-state index in [0.717, 1.165) is 18.4 Å². The van der Waals surface area contributed by atoms with Crippen LogP contribution >= 0.6 is 0 Å². The van der Waals surface area contributed by atoms with Gasteiger partial charge in [-0.1, -0.05) is 0 Å². The molecule has 1 aromatic carbocycles. The Balaban J connectivity index is 2.74. The lowest BCUT2D eigenvalue weighted by molar-refractivity contribution is 0.555. The Morgan fingerprint density at radius 1 is 1.26 bits per heavy atom. The number of anilines is 1. The van der Waals surface area contributed by atoms with Crippen LogP contribution in [-0.4, -0.2) is 35.4 Å². The maximum atomic E-state index is 13.4. The molecule has 19 heavy (non-hydrogen) atoms. The van der Waals surface area contributed by atoms with Crippen molar-refractivity contribution in [3.8, 4) is 0 Å². The second kappa shape index (κ2) is 5.85. The van der Waals surface area contributed by atoms with Crippen molar-refractivity contribution in [2.75, 3.05) is 24.3 Å². The standard InChI is InChI=1S/C10H15FN2O4S2/c1-18(14,15)6-2-5-13-19(16,17)10-7-8(12)3-4-9(10)11/h3-4,7,13H,2,5-6,12H2,1H3. The van der Waals surface area contributed by atoms with Gasteiger partial charge in [0.1, 0.15) is 20.5 Å². The van der Waals surface area contributed by atoms with Gasteiger partial charge in [-0.15, -0.1) is 0 Å². The summed E-state index contributed by atoms with van der Waals surface area (Å²) in [5, 5.41) is 0. The highest BCUT2D eigenvalue weighted by Crippen LogP contribution is 2.17. The average Bonchev–Trinajstić information content (AvgIpc) is 2.26. The van der Waals surface area contributed by atoms with Crippen molar-refractivity contribution in [3.05, 3.63) is 24.0 Å². The zero-order valence-electron chi connectivity index (χ0n) is 10.3. The van der Waals surface area contributed by atoms with E-state index in [2.05, 4.69) is 4.72 Å². The average molecular weight is 310 g/mol. The number of halogens is 1. The van der Waals surface area contributed by atoms with Crippen LogP contribution in [0.3, 0.4) is 0 Å². The van der Waals surface area contributed by atoms with E-state index in [9.17, 15) is 21.2 Å². The number of sulfone groups is 1. The Morgan fingerprint density at radius 3 is 2.47 bits per heavy atom. The third kappa shape index (κ3) is 5.13. The van der Waals surface area contributed by atoms with Crippen LogP contribution in [0.15, 0.2) is 23.1 Å². The van der Waals surface area contributed by atoms with Crippen molar-refractivity contribution >= 4 is 25.5 Å². The highest BCUT2D eigenvalue weighted by molar-refractivity contribution is 7.90. The van der Waals surface area contributed by atoms with Crippen LogP contribution in [0.5, 0.6) is 0 Å². The molecule has 0 atom stereocenters. The molecule has 0 unspecified atom stereocenters. The highest BCUT2D eigenvalue weighted by atomic mass is 32.2. The van der Waals surface area contributed by atoms with Crippen LogP contribution in [0.25, 0.3) is 0 Å². The third-order valence-corrected chi connectivity index (χ3v) is 4.74. The number of nitrogens with one attached hydrogen (secondary N) is 1. The molecule has 0 aliphatic heterocycles. The van der Waals surface area contributed by atoms with Crippen molar-refractivity contribution in [2.45, 2.75) is 11.3 Å². The van der Waals surface area contributed by atoms with Crippen molar-refractivity contribution in [3.63, 3.8) is 0 Å². The fourth-order valence-electron chi connectivity index (χ4n) is 1.34. The summed E-state index contributed by atoms with van der Waals surface area (Å²) in [6.07, 6.45) is 1.17. The molecule has 9 heteroatoms. The Kier molecular flexibility index (Phi) is 4.88. The Hall–Kier alpha value is -1.19. The SMILES string of the molecule is CS(=O)(=O)CCCNS(=O)(=O)c1cc(N)ccc1F. The molecule has 0 bridgehead atoms. The summed E-state index contributed by atoms with van der Waals surface area (Å²) in [4.78, 5) is -0.549. The van der Waals surface area contributed by atoms with E-state index < -0.39 is 30.6 Å². The zero-order valence-corrected chi connectivity index (χ0v) is 11.9. The molecule has 108 valence electrons. The van der Waals surface area contributed by atoms with Crippen LogP contribution in [0.1, 0.15) is 6.42 Å². The minimum absolute atomic E-state index is 0.0936. The summed E-state index contributed by atoms with van der Waals surface area (Å²) >= 11 is 0. The molecule has 0 aliphatic carbocycles. The van der Waals surface area contributed by atoms with E-state index >= 15 is 0 Å². The van der Waals surface area contributed by atoms with Crippen LogP contribution in [-0.2, 0) is 19.9 Å². The summed E-state index contributed by atoms with van der Waals surface area (Å²) < 4.78 is 60.8. The largest absolute Gasteiger partial charge is 0.399 e. The summed E-state index contributed by atoms with van der Waals surface area (Å²) in [6.45, 7) is -0.0936. The molecule has 3 N–H and O–H groups in total. The number of hydrogen-bond donors (Lipinski definition) is 2. The molecule has 1 aromatic rings. The fraction of sp³-hybridized carbons (Fsp3) is 0.400. The van der Waals surface area contributed by atoms with E-state index in [-0.39, 0.29) is 24.4 Å². The molecule has 0 heterocycles. The molecule has 0 saturated heterocycles. The fourth-order valence-corrected chi connectivity index (χ4v) is 3.20. The Bertz CT molecular complexity index is 656. The van der Waals surface area contributed by atoms with Crippen molar-refractivity contribution in [1.29, 1.82) is 0 Å². The molecule has 0 aliphatic rings. The van der Waals surface area contributed by atoms with Gasteiger partial charge in [0, 0.05) is 18.5 Å². The van der Waals surface area contributed by atoms with Gasteiger partial charge < -0.3 is 5.73 Å². The van der Waals surface area contributed by atoms with Gasteiger partial charge in [0.2, 0.25) is 10.0 Å². The molecular formula is C10H15FN2O4S2. The first-order valence-corrected chi connectivity index (χ1v) is 8.88. The van der Waals surface area contributed by atoms with Gasteiger partial charge in [0.25, 0.3) is 0 Å². The molecule has 6 nitrogen and oxygen atoms in total. The lowest BCUT2D eigenvalue weighted by Crippen LogP contribution is -2.27. The molecule has 0 amide bonds. The number of hydrogen-bond acceptors (Lipinski definition) is 5. The van der Waals surface area contributed by atoms with Crippen LogP contribution < -0.4 is 10.5 Å². The number of nitrogen functional groups attached to an aromatic ring is 1. The van der Waals surface area contributed by atoms with Crippen molar-refractivity contribution in [1.82, 2.24) is 4.72 Å². The lowest BCUT2D eigenvalue weighted by Gasteiger charge is -2.08. The monoisotopic (exact) mass is 310 g/mol. The third-order valence-electron chi connectivity index (χ3n) is 2.23. The maximum absolute atomic E-state index is 13.4. The van der Waals surface area contributed by atoms with Crippen LogP contribution in [0.2, 0.25) is 0 Å². The topological polar surface area (TPSA) is 106 Å². The van der Waals surface area contributed by atoms with E-state index in [0.29, 0.717) is 0 Å². The van der Waals surface area contributed by atoms with Gasteiger partial charge in [0.15, 0.2) is 0 Å². The summed E-state index contributed by atoms with van der Waals surface area (Å²) in [6, 6.07) is 3.21. The zero-order chi connectivity index (χ0) is 14.7. The second-order valence-corrected chi connectivity index (χ2v) is 8.07. The number of rotatable bonds is 6. The molecule has 0 radical (unpaired) electrons. The summed E-state index contributed by atoms with van der Waals surface area (Å²) in [5.41, 5.74) is 5.52. The van der Waals surface area contributed by atoms with Gasteiger partial charge in [-0.25, -0.2) is 25.9 Å². The van der Waals surface area contributed by atoms with Gasteiger partial charge in [-0.2, -0.15) is 0 Å². The number of sulfonamides is 1. The molecule has 0 saturated carbocycles.